The molecule has 0 spiro atoms. The second kappa shape index (κ2) is 7.25. The van der Waals surface area contributed by atoms with Crippen LogP contribution in [0.15, 0.2) is 72.1 Å². The second-order valence-corrected chi connectivity index (χ2v) is 6.27. The minimum atomic E-state index is 0.145. The van der Waals surface area contributed by atoms with Crippen LogP contribution in [-0.2, 0) is 11.3 Å². The van der Waals surface area contributed by atoms with Crippen LogP contribution in [0.2, 0.25) is 0 Å². The predicted octanol–water partition coefficient (Wildman–Crippen LogP) is 5.36. The Hall–Kier alpha value is -2.39. The minimum absolute atomic E-state index is 0.145. The van der Waals surface area contributed by atoms with Crippen LogP contribution < -0.4 is 4.90 Å². The standard InChI is InChI=1S/C20H19NOS/c1-2-20(22)21(14-16-9-5-3-6-10-16)18-13-19(23-15-18)17-11-7-4-8-12-17/h3-13,15H,2,14H2,1H3. The highest BCUT2D eigenvalue weighted by molar-refractivity contribution is 7.14. The molecule has 2 aromatic carbocycles. The van der Waals surface area contributed by atoms with Gasteiger partial charge in [-0.25, -0.2) is 0 Å². The fraction of sp³-hybridized carbons (Fsp3) is 0.150. The zero-order valence-corrected chi connectivity index (χ0v) is 13.9. The van der Waals surface area contributed by atoms with Crippen molar-refractivity contribution >= 4 is 22.9 Å². The molecule has 3 heteroatoms. The van der Waals surface area contributed by atoms with E-state index in [0.717, 1.165) is 11.3 Å². The van der Waals surface area contributed by atoms with Gasteiger partial charge in [0.15, 0.2) is 0 Å². The van der Waals surface area contributed by atoms with Gasteiger partial charge in [0.05, 0.1) is 12.2 Å². The van der Waals surface area contributed by atoms with E-state index in [1.54, 1.807) is 11.3 Å². The molecule has 0 atom stereocenters. The lowest BCUT2D eigenvalue weighted by Crippen LogP contribution is -2.29. The van der Waals surface area contributed by atoms with Crippen molar-refractivity contribution in [3.63, 3.8) is 0 Å². The van der Waals surface area contributed by atoms with Gasteiger partial charge >= 0.3 is 0 Å². The highest BCUT2D eigenvalue weighted by atomic mass is 32.1. The van der Waals surface area contributed by atoms with Crippen molar-refractivity contribution in [2.75, 3.05) is 4.90 Å². The molecule has 0 saturated carbocycles. The predicted molar refractivity (Wildman–Crippen MR) is 97.7 cm³/mol. The van der Waals surface area contributed by atoms with Crippen LogP contribution in [0.1, 0.15) is 18.9 Å². The molecule has 0 fully saturated rings. The summed E-state index contributed by atoms with van der Waals surface area (Å²) in [5.41, 5.74) is 3.30. The molecule has 3 rings (SSSR count). The Morgan fingerprint density at radius 2 is 1.65 bits per heavy atom. The quantitative estimate of drug-likeness (QED) is 0.619. The van der Waals surface area contributed by atoms with Gasteiger partial charge in [-0.15, -0.1) is 11.3 Å². The zero-order chi connectivity index (χ0) is 16.1. The average Bonchev–Trinajstić information content (AvgIpc) is 3.10. The Morgan fingerprint density at radius 1 is 1.00 bits per heavy atom. The molecule has 0 aliphatic rings. The van der Waals surface area contributed by atoms with Crippen molar-refractivity contribution in [3.05, 3.63) is 77.7 Å². The number of amides is 1. The number of rotatable bonds is 5. The van der Waals surface area contributed by atoms with Crippen LogP contribution in [-0.4, -0.2) is 5.91 Å². The lowest BCUT2D eigenvalue weighted by molar-refractivity contribution is -0.118. The highest BCUT2D eigenvalue weighted by Crippen LogP contribution is 2.32. The molecule has 116 valence electrons. The molecule has 3 aromatic rings. The lowest BCUT2D eigenvalue weighted by atomic mass is 10.1. The van der Waals surface area contributed by atoms with Crippen molar-refractivity contribution in [2.45, 2.75) is 19.9 Å². The largest absolute Gasteiger partial charge is 0.307 e. The van der Waals surface area contributed by atoms with Gasteiger partial charge in [0.2, 0.25) is 5.91 Å². The molecule has 0 aliphatic heterocycles. The van der Waals surface area contributed by atoms with E-state index in [1.807, 2.05) is 48.2 Å². The molecule has 0 N–H and O–H groups in total. The van der Waals surface area contributed by atoms with Crippen LogP contribution in [0.25, 0.3) is 10.4 Å². The van der Waals surface area contributed by atoms with Crippen molar-refractivity contribution in [1.29, 1.82) is 0 Å². The summed E-state index contributed by atoms with van der Waals surface area (Å²) in [6.45, 7) is 2.52. The van der Waals surface area contributed by atoms with Gasteiger partial charge in [-0.3, -0.25) is 4.79 Å². The number of thiophene rings is 1. The van der Waals surface area contributed by atoms with E-state index in [1.165, 1.54) is 10.4 Å². The maximum Gasteiger partial charge on any atom is 0.227 e. The monoisotopic (exact) mass is 321 g/mol. The van der Waals surface area contributed by atoms with Gasteiger partial charge in [-0.05, 0) is 17.2 Å². The first-order chi connectivity index (χ1) is 11.3. The summed E-state index contributed by atoms with van der Waals surface area (Å²) in [7, 11) is 0. The summed E-state index contributed by atoms with van der Waals surface area (Å²) in [6, 6.07) is 22.5. The van der Waals surface area contributed by atoms with Crippen LogP contribution in [0.3, 0.4) is 0 Å². The smallest absolute Gasteiger partial charge is 0.227 e. The van der Waals surface area contributed by atoms with Gasteiger partial charge in [-0.1, -0.05) is 67.6 Å². The van der Waals surface area contributed by atoms with Gasteiger partial charge < -0.3 is 4.90 Å². The Bertz CT molecular complexity index is 765. The Balaban J connectivity index is 1.89. The maximum absolute atomic E-state index is 12.4. The van der Waals surface area contributed by atoms with E-state index in [2.05, 4.69) is 35.7 Å². The number of hydrogen-bond acceptors (Lipinski definition) is 2. The van der Waals surface area contributed by atoms with Crippen LogP contribution >= 0.6 is 11.3 Å². The minimum Gasteiger partial charge on any atom is -0.307 e. The van der Waals surface area contributed by atoms with Crippen molar-refractivity contribution in [2.24, 2.45) is 0 Å². The Kier molecular flexibility index (Phi) is 4.89. The van der Waals surface area contributed by atoms with Crippen LogP contribution in [0, 0.1) is 0 Å². The number of nitrogens with zero attached hydrogens (tertiary/aromatic N) is 1. The van der Waals surface area contributed by atoms with E-state index in [4.69, 9.17) is 0 Å². The van der Waals surface area contributed by atoms with E-state index < -0.39 is 0 Å². The molecule has 0 radical (unpaired) electrons. The fourth-order valence-electron chi connectivity index (χ4n) is 2.50. The number of carbonyl (C=O) groups excluding carboxylic acids is 1. The fourth-order valence-corrected chi connectivity index (χ4v) is 3.41. The molecule has 0 saturated heterocycles. The first-order valence-electron chi connectivity index (χ1n) is 7.76. The molecule has 0 aliphatic carbocycles. The van der Waals surface area contributed by atoms with Gasteiger partial charge in [0.25, 0.3) is 0 Å². The molecule has 23 heavy (non-hydrogen) atoms. The number of hydrogen-bond donors (Lipinski definition) is 0. The molecule has 2 nitrogen and oxygen atoms in total. The number of carbonyl (C=O) groups is 1. The molecular weight excluding hydrogens is 302 g/mol. The van der Waals surface area contributed by atoms with Crippen molar-refractivity contribution < 1.29 is 4.79 Å². The van der Waals surface area contributed by atoms with Crippen LogP contribution in [0.4, 0.5) is 5.69 Å². The molecule has 1 heterocycles. The SMILES string of the molecule is CCC(=O)N(Cc1ccccc1)c1csc(-c2ccccc2)c1. The Morgan fingerprint density at radius 3 is 2.30 bits per heavy atom. The van der Waals surface area contributed by atoms with Crippen molar-refractivity contribution in [1.82, 2.24) is 0 Å². The summed E-state index contributed by atoms with van der Waals surface area (Å²) in [6.07, 6.45) is 0.503. The topological polar surface area (TPSA) is 20.3 Å². The second-order valence-electron chi connectivity index (χ2n) is 5.35. The van der Waals surface area contributed by atoms with Crippen molar-refractivity contribution in [3.8, 4) is 10.4 Å². The summed E-state index contributed by atoms with van der Waals surface area (Å²) in [5, 5.41) is 2.07. The van der Waals surface area contributed by atoms with E-state index in [0.29, 0.717) is 13.0 Å². The summed E-state index contributed by atoms with van der Waals surface area (Å²) in [5.74, 6) is 0.145. The summed E-state index contributed by atoms with van der Waals surface area (Å²) in [4.78, 5) is 15.4. The number of anilines is 1. The Labute approximate surface area is 141 Å². The molecule has 1 amide bonds. The zero-order valence-electron chi connectivity index (χ0n) is 13.1. The molecular formula is C20H19NOS. The van der Waals surface area contributed by atoms with Crippen LogP contribution in [0.5, 0.6) is 0 Å². The lowest BCUT2D eigenvalue weighted by Gasteiger charge is -2.21. The molecule has 0 unspecified atom stereocenters. The first kappa shape index (κ1) is 15.5. The van der Waals surface area contributed by atoms with E-state index in [-0.39, 0.29) is 5.91 Å². The summed E-state index contributed by atoms with van der Waals surface area (Å²) < 4.78 is 0. The molecule has 1 aromatic heterocycles. The van der Waals surface area contributed by atoms with Gasteiger partial charge in [-0.2, -0.15) is 0 Å². The third kappa shape index (κ3) is 3.69. The van der Waals surface area contributed by atoms with Gasteiger partial charge in [0, 0.05) is 16.7 Å². The average molecular weight is 321 g/mol. The highest BCUT2D eigenvalue weighted by Gasteiger charge is 2.16. The van der Waals surface area contributed by atoms with E-state index in [9.17, 15) is 4.79 Å². The van der Waals surface area contributed by atoms with Gasteiger partial charge in [0.1, 0.15) is 0 Å². The first-order valence-corrected chi connectivity index (χ1v) is 8.64. The normalized spacial score (nSPS) is 10.5. The molecule has 0 bridgehead atoms. The number of benzene rings is 2. The third-order valence-electron chi connectivity index (χ3n) is 3.74. The third-order valence-corrected chi connectivity index (χ3v) is 4.71. The summed E-state index contributed by atoms with van der Waals surface area (Å²) >= 11 is 1.68. The van der Waals surface area contributed by atoms with E-state index >= 15 is 0 Å². The maximum atomic E-state index is 12.4.